The van der Waals surface area contributed by atoms with Crippen molar-refractivity contribution in [3.63, 3.8) is 0 Å². The van der Waals surface area contributed by atoms with Gasteiger partial charge in [0.25, 0.3) is 0 Å². The van der Waals surface area contributed by atoms with Crippen LogP contribution in [0.2, 0.25) is 0 Å². The molecule has 4 rings (SSSR count). The SMILES string of the molecule is CC1CCCCN1Cc1cc(N2CCCC2=O)ccc1OCCCC1CCCNC1. The molecule has 3 fully saturated rings. The Labute approximate surface area is 182 Å². The predicted octanol–water partition coefficient (Wildman–Crippen LogP) is 4.35. The van der Waals surface area contributed by atoms with Crippen LogP contribution in [-0.4, -0.2) is 49.6 Å². The summed E-state index contributed by atoms with van der Waals surface area (Å²) in [5.41, 5.74) is 2.28. The molecular formula is C25H39N3O2. The van der Waals surface area contributed by atoms with Gasteiger partial charge in [0.1, 0.15) is 5.75 Å². The highest BCUT2D eigenvalue weighted by atomic mass is 16.5. The minimum atomic E-state index is 0.252. The van der Waals surface area contributed by atoms with Gasteiger partial charge in [0, 0.05) is 36.8 Å². The third kappa shape index (κ3) is 5.55. The molecule has 0 saturated carbocycles. The molecule has 3 saturated heterocycles. The quantitative estimate of drug-likeness (QED) is 0.644. The third-order valence-electron chi connectivity index (χ3n) is 7.16. The second-order valence-electron chi connectivity index (χ2n) is 9.46. The first-order valence-electron chi connectivity index (χ1n) is 12.2. The van der Waals surface area contributed by atoms with Crippen LogP contribution >= 0.6 is 0 Å². The molecule has 0 bridgehead atoms. The van der Waals surface area contributed by atoms with Gasteiger partial charge in [0.05, 0.1) is 6.61 Å². The Balaban J connectivity index is 1.41. The number of ether oxygens (including phenoxy) is 1. The molecule has 2 unspecified atom stereocenters. The van der Waals surface area contributed by atoms with Gasteiger partial charge in [-0.2, -0.15) is 0 Å². The highest BCUT2D eigenvalue weighted by Gasteiger charge is 2.24. The summed E-state index contributed by atoms with van der Waals surface area (Å²) >= 11 is 0. The summed E-state index contributed by atoms with van der Waals surface area (Å²) in [6.07, 6.45) is 10.5. The minimum absolute atomic E-state index is 0.252. The van der Waals surface area contributed by atoms with Crippen molar-refractivity contribution in [3.05, 3.63) is 23.8 Å². The summed E-state index contributed by atoms with van der Waals surface area (Å²) in [6.45, 7) is 8.37. The predicted molar refractivity (Wildman–Crippen MR) is 122 cm³/mol. The number of benzene rings is 1. The highest BCUT2D eigenvalue weighted by Crippen LogP contribution is 2.31. The maximum absolute atomic E-state index is 12.3. The van der Waals surface area contributed by atoms with Crippen molar-refractivity contribution in [2.24, 2.45) is 5.92 Å². The number of likely N-dealkylation sites (tertiary alicyclic amines) is 1. The average Bonchev–Trinajstić information content (AvgIpc) is 3.20. The van der Waals surface area contributed by atoms with E-state index >= 15 is 0 Å². The van der Waals surface area contributed by atoms with Crippen molar-refractivity contribution >= 4 is 11.6 Å². The van der Waals surface area contributed by atoms with E-state index in [-0.39, 0.29) is 5.91 Å². The Morgan fingerprint density at radius 3 is 2.83 bits per heavy atom. The van der Waals surface area contributed by atoms with Crippen LogP contribution in [0.4, 0.5) is 5.69 Å². The summed E-state index contributed by atoms with van der Waals surface area (Å²) in [4.78, 5) is 16.8. The Bertz CT molecular complexity index is 702. The van der Waals surface area contributed by atoms with Crippen LogP contribution in [0.25, 0.3) is 0 Å². The van der Waals surface area contributed by atoms with Crippen molar-refractivity contribution < 1.29 is 9.53 Å². The Morgan fingerprint density at radius 1 is 1.13 bits per heavy atom. The monoisotopic (exact) mass is 413 g/mol. The van der Waals surface area contributed by atoms with E-state index in [4.69, 9.17) is 4.74 Å². The van der Waals surface area contributed by atoms with E-state index in [1.807, 2.05) is 4.90 Å². The van der Waals surface area contributed by atoms with Crippen LogP contribution in [0, 0.1) is 5.92 Å². The zero-order valence-electron chi connectivity index (χ0n) is 18.7. The Morgan fingerprint density at radius 2 is 2.07 bits per heavy atom. The van der Waals surface area contributed by atoms with Crippen molar-refractivity contribution in [1.82, 2.24) is 10.2 Å². The molecule has 1 aromatic carbocycles. The average molecular weight is 414 g/mol. The largest absolute Gasteiger partial charge is 0.493 e. The molecule has 0 spiro atoms. The lowest BCUT2D eigenvalue weighted by Crippen LogP contribution is -2.37. The molecule has 3 aliphatic rings. The highest BCUT2D eigenvalue weighted by molar-refractivity contribution is 5.95. The fourth-order valence-electron chi connectivity index (χ4n) is 5.26. The molecule has 1 aromatic rings. The van der Waals surface area contributed by atoms with Gasteiger partial charge in [-0.1, -0.05) is 6.42 Å². The summed E-state index contributed by atoms with van der Waals surface area (Å²) in [7, 11) is 0. The van der Waals surface area contributed by atoms with Gasteiger partial charge in [-0.3, -0.25) is 9.69 Å². The fourth-order valence-corrected chi connectivity index (χ4v) is 5.26. The fraction of sp³-hybridized carbons (Fsp3) is 0.720. The number of carbonyl (C=O) groups is 1. The van der Waals surface area contributed by atoms with Crippen LogP contribution in [0.5, 0.6) is 5.75 Å². The molecule has 5 nitrogen and oxygen atoms in total. The van der Waals surface area contributed by atoms with E-state index in [0.29, 0.717) is 12.5 Å². The number of carbonyl (C=O) groups excluding carboxylic acids is 1. The number of nitrogens with zero attached hydrogens (tertiary/aromatic N) is 2. The molecule has 0 aliphatic carbocycles. The van der Waals surface area contributed by atoms with E-state index in [1.165, 1.54) is 50.6 Å². The topological polar surface area (TPSA) is 44.8 Å². The van der Waals surface area contributed by atoms with Gasteiger partial charge in [-0.05, 0) is 95.6 Å². The van der Waals surface area contributed by atoms with Crippen LogP contribution in [0.3, 0.4) is 0 Å². The summed E-state index contributed by atoms with van der Waals surface area (Å²) in [6, 6.07) is 7.01. The van der Waals surface area contributed by atoms with Gasteiger partial charge in [0.15, 0.2) is 0 Å². The third-order valence-corrected chi connectivity index (χ3v) is 7.16. The van der Waals surface area contributed by atoms with Crippen LogP contribution in [0.15, 0.2) is 18.2 Å². The molecule has 5 heteroatoms. The molecule has 0 radical (unpaired) electrons. The van der Waals surface area contributed by atoms with Gasteiger partial charge < -0.3 is 15.0 Å². The maximum Gasteiger partial charge on any atom is 0.227 e. The van der Waals surface area contributed by atoms with E-state index < -0.39 is 0 Å². The summed E-state index contributed by atoms with van der Waals surface area (Å²) in [5.74, 6) is 2.06. The number of piperidine rings is 2. The van der Waals surface area contributed by atoms with Gasteiger partial charge in [0.2, 0.25) is 5.91 Å². The molecule has 3 heterocycles. The Kier molecular flexibility index (Phi) is 7.67. The minimum Gasteiger partial charge on any atom is -0.493 e. The van der Waals surface area contributed by atoms with Crippen molar-refractivity contribution in [2.45, 2.75) is 77.3 Å². The van der Waals surface area contributed by atoms with Crippen LogP contribution in [0.1, 0.15) is 70.3 Å². The van der Waals surface area contributed by atoms with E-state index in [2.05, 4.69) is 35.3 Å². The smallest absolute Gasteiger partial charge is 0.227 e. The first kappa shape index (κ1) is 21.6. The van der Waals surface area contributed by atoms with Crippen molar-refractivity contribution in [3.8, 4) is 5.75 Å². The second kappa shape index (κ2) is 10.6. The molecule has 0 aromatic heterocycles. The number of rotatable bonds is 8. The Hall–Kier alpha value is -1.59. The van der Waals surface area contributed by atoms with Crippen molar-refractivity contribution in [1.29, 1.82) is 0 Å². The molecule has 3 aliphatic heterocycles. The zero-order valence-corrected chi connectivity index (χ0v) is 18.7. The first-order valence-corrected chi connectivity index (χ1v) is 12.2. The molecule has 30 heavy (non-hydrogen) atoms. The number of hydrogen-bond acceptors (Lipinski definition) is 4. The van der Waals surface area contributed by atoms with Crippen LogP contribution < -0.4 is 15.0 Å². The number of anilines is 1. The maximum atomic E-state index is 12.3. The van der Waals surface area contributed by atoms with E-state index in [9.17, 15) is 4.79 Å². The lowest BCUT2D eigenvalue weighted by atomic mass is 9.95. The van der Waals surface area contributed by atoms with E-state index in [1.54, 1.807) is 0 Å². The summed E-state index contributed by atoms with van der Waals surface area (Å²) < 4.78 is 6.30. The molecule has 1 N–H and O–H groups in total. The first-order chi connectivity index (χ1) is 14.7. The number of nitrogens with one attached hydrogen (secondary N) is 1. The lowest BCUT2D eigenvalue weighted by molar-refractivity contribution is -0.117. The molecule has 166 valence electrons. The normalized spacial score (nSPS) is 25.6. The van der Waals surface area contributed by atoms with Crippen LogP contribution in [-0.2, 0) is 11.3 Å². The van der Waals surface area contributed by atoms with Gasteiger partial charge in [-0.15, -0.1) is 0 Å². The lowest BCUT2D eigenvalue weighted by Gasteiger charge is -2.34. The molecule has 2 atom stereocenters. The standard InChI is InChI=1S/C25H39N3O2/c1-20-7-2-3-14-27(20)19-22-17-23(28-15-5-10-25(28)29)11-12-24(22)30-16-6-9-21-8-4-13-26-18-21/h11-12,17,20-21,26H,2-10,13-16,18-19H2,1H3. The van der Waals surface area contributed by atoms with Gasteiger partial charge in [-0.25, -0.2) is 0 Å². The van der Waals surface area contributed by atoms with E-state index in [0.717, 1.165) is 63.0 Å². The van der Waals surface area contributed by atoms with Crippen molar-refractivity contribution in [2.75, 3.05) is 37.7 Å². The number of amides is 1. The van der Waals surface area contributed by atoms with Gasteiger partial charge >= 0.3 is 0 Å². The zero-order chi connectivity index (χ0) is 20.8. The summed E-state index contributed by atoms with van der Waals surface area (Å²) in [5, 5.41) is 3.51. The molecular weight excluding hydrogens is 374 g/mol. The number of hydrogen-bond donors (Lipinski definition) is 1. The molecule has 1 amide bonds. The second-order valence-corrected chi connectivity index (χ2v) is 9.46.